The average molecular weight is 290 g/mol. The maximum absolute atomic E-state index is 12.9. The Kier molecular flexibility index (Phi) is 5.10. The van der Waals surface area contributed by atoms with Gasteiger partial charge in [0.1, 0.15) is 5.56 Å². The van der Waals surface area contributed by atoms with Crippen LogP contribution in [0.25, 0.3) is 0 Å². The van der Waals surface area contributed by atoms with Crippen LogP contribution in [0.5, 0.6) is 0 Å². The zero-order valence-electron chi connectivity index (χ0n) is 11.5. The summed E-state index contributed by atoms with van der Waals surface area (Å²) in [6.45, 7) is 6.25. The lowest BCUT2D eigenvalue weighted by atomic mass is 9.92. The molecule has 0 aliphatic heterocycles. The fourth-order valence-corrected chi connectivity index (χ4v) is 2.01. The molecule has 0 fully saturated rings. The van der Waals surface area contributed by atoms with Crippen LogP contribution >= 0.6 is 0 Å². The van der Waals surface area contributed by atoms with Gasteiger partial charge in [0.2, 0.25) is 0 Å². The molecule has 0 bridgehead atoms. The molecule has 0 aliphatic carbocycles. The van der Waals surface area contributed by atoms with Crippen LogP contribution < -0.4 is 5.32 Å². The number of alkyl halides is 3. The first-order valence-electron chi connectivity index (χ1n) is 6.27. The molecule has 0 heterocycles. The van der Waals surface area contributed by atoms with Crippen LogP contribution in [0.3, 0.4) is 0 Å². The molecule has 0 saturated heterocycles. The van der Waals surface area contributed by atoms with Gasteiger partial charge in [-0.2, -0.15) is 13.2 Å². The number of nitrogens with zero attached hydrogens (tertiary/aromatic N) is 1. The zero-order chi connectivity index (χ0) is 15.5. The Morgan fingerprint density at radius 1 is 1.35 bits per heavy atom. The Balaban J connectivity index is 3.23. The molecule has 1 N–H and O–H groups in total. The fraction of sp³-hybridized carbons (Fsp3) is 0.538. The predicted molar refractivity (Wildman–Crippen MR) is 69.7 cm³/mol. The van der Waals surface area contributed by atoms with Crippen molar-refractivity contribution >= 4 is 5.69 Å². The van der Waals surface area contributed by atoms with E-state index in [1.807, 2.05) is 13.8 Å². The predicted octanol–water partition coefficient (Wildman–Crippen LogP) is 3.72. The highest BCUT2D eigenvalue weighted by Crippen LogP contribution is 2.38. The van der Waals surface area contributed by atoms with Crippen LogP contribution in [0.15, 0.2) is 18.2 Å². The van der Waals surface area contributed by atoms with Crippen LogP contribution in [0.4, 0.5) is 18.9 Å². The van der Waals surface area contributed by atoms with E-state index >= 15 is 0 Å². The van der Waals surface area contributed by atoms with Crippen molar-refractivity contribution in [1.29, 1.82) is 0 Å². The molecule has 0 radical (unpaired) electrons. The van der Waals surface area contributed by atoms with E-state index in [1.165, 1.54) is 6.07 Å². The highest BCUT2D eigenvalue weighted by atomic mass is 19.4. The van der Waals surface area contributed by atoms with Crippen molar-refractivity contribution in [3.63, 3.8) is 0 Å². The second kappa shape index (κ2) is 6.21. The van der Waals surface area contributed by atoms with Crippen LogP contribution in [0.2, 0.25) is 0 Å². The average Bonchev–Trinajstić information content (AvgIpc) is 2.36. The van der Waals surface area contributed by atoms with E-state index in [0.29, 0.717) is 12.1 Å². The Hall–Kier alpha value is -1.63. The van der Waals surface area contributed by atoms with Crippen LogP contribution in [-0.4, -0.2) is 17.5 Å². The Morgan fingerprint density at radius 2 is 1.95 bits per heavy atom. The van der Waals surface area contributed by atoms with E-state index in [2.05, 4.69) is 5.32 Å². The summed E-state index contributed by atoms with van der Waals surface area (Å²) in [4.78, 5) is 9.67. The van der Waals surface area contributed by atoms with Crippen LogP contribution in [0.1, 0.15) is 37.8 Å². The molecular weight excluding hydrogens is 273 g/mol. The smallest absolute Gasteiger partial charge is 0.314 e. The summed E-state index contributed by atoms with van der Waals surface area (Å²) in [6, 6.07) is 3.15. The molecular formula is C13H17F3N2O2. The van der Waals surface area contributed by atoms with Gasteiger partial charge in [0.25, 0.3) is 5.69 Å². The van der Waals surface area contributed by atoms with Crippen molar-refractivity contribution in [2.24, 2.45) is 0 Å². The molecule has 2 atom stereocenters. The molecule has 112 valence electrons. The molecule has 2 unspecified atom stereocenters. The molecule has 4 nitrogen and oxygen atoms in total. The van der Waals surface area contributed by atoms with Crippen molar-refractivity contribution < 1.29 is 18.1 Å². The molecule has 0 aromatic heterocycles. The standard InChI is InChI=1S/C13H17F3N2O2/c1-4-17-9(3)8(2)10-5-6-12(18(19)20)11(7-10)13(14,15)16/h5-9,17H,4H2,1-3H3. The number of likely N-dealkylation sites (N-methyl/N-ethyl adjacent to an activating group) is 1. The van der Waals surface area contributed by atoms with E-state index in [4.69, 9.17) is 0 Å². The van der Waals surface area contributed by atoms with Gasteiger partial charge in [0.05, 0.1) is 4.92 Å². The van der Waals surface area contributed by atoms with Gasteiger partial charge >= 0.3 is 6.18 Å². The fourth-order valence-electron chi connectivity index (χ4n) is 2.01. The minimum absolute atomic E-state index is 0.0254. The first-order chi connectivity index (χ1) is 9.18. The number of hydrogen-bond donors (Lipinski definition) is 1. The molecule has 20 heavy (non-hydrogen) atoms. The van der Waals surface area contributed by atoms with Crippen molar-refractivity contribution in [3.8, 4) is 0 Å². The lowest BCUT2D eigenvalue weighted by molar-refractivity contribution is -0.388. The molecule has 0 spiro atoms. The molecule has 0 saturated carbocycles. The molecule has 1 aromatic carbocycles. The molecule has 0 amide bonds. The lowest BCUT2D eigenvalue weighted by Crippen LogP contribution is -2.30. The third kappa shape index (κ3) is 3.69. The van der Waals surface area contributed by atoms with Crippen LogP contribution in [0, 0.1) is 10.1 Å². The van der Waals surface area contributed by atoms with Gasteiger partial charge in [0.15, 0.2) is 0 Å². The minimum atomic E-state index is -4.74. The zero-order valence-corrected chi connectivity index (χ0v) is 11.5. The van der Waals surface area contributed by atoms with Gasteiger partial charge in [0, 0.05) is 12.1 Å². The van der Waals surface area contributed by atoms with Gasteiger partial charge < -0.3 is 5.32 Å². The van der Waals surface area contributed by atoms with E-state index < -0.39 is 22.4 Å². The van der Waals surface area contributed by atoms with E-state index in [0.717, 1.165) is 12.1 Å². The minimum Gasteiger partial charge on any atom is -0.314 e. The van der Waals surface area contributed by atoms with Crippen molar-refractivity contribution in [1.82, 2.24) is 5.32 Å². The summed E-state index contributed by atoms with van der Waals surface area (Å²) in [5.74, 6) is -0.183. The second-order valence-electron chi connectivity index (χ2n) is 4.67. The lowest BCUT2D eigenvalue weighted by Gasteiger charge is -2.22. The Bertz CT molecular complexity index is 489. The van der Waals surface area contributed by atoms with E-state index in [9.17, 15) is 23.3 Å². The normalized spacial score (nSPS) is 14.9. The van der Waals surface area contributed by atoms with Crippen molar-refractivity contribution in [2.75, 3.05) is 6.54 Å². The van der Waals surface area contributed by atoms with Gasteiger partial charge in [-0.3, -0.25) is 10.1 Å². The summed E-state index contributed by atoms with van der Waals surface area (Å²) in [5, 5.41) is 13.8. The highest BCUT2D eigenvalue weighted by Gasteiger charge is 2.38. The molecule has 1 rings (SSSR count). The van der Waals surface area contributed by atoms with Gasteiger partial charge in [-0.05, 0) is 31.0 Å². The molecule has 1 aromatic rings. The number of benzene rings is 1. The quantitative estimate of drug-likeness (QED) is 0.664. The third-order valence-corrected chi connectivity index (χ3v) is 3.32. The SMILES string of the molecule is CCNC(C)C(C)c1ccc([N+](=O)[O-])c(C(F)(F)F)c1. The summed E-state index contributed by atoms with van der Waals surface area (Å²) in [7, 11) is 0. The first-order valence-corrected chi connectivity index (χ1v) is 6.27. The highest BCUT2D eigenvalue weighted by molar-refractivity contribution is 5.45. The number of nitrogens with one attached hydrogen (secondary N) is 1. The van der Waals surface area contributed by atoms with Gasteiger partial charge in [-0.1, -0.05) is 19.9 Å². The number of nitro benzene ring substituents is 1. The third-order valence-electron chi connectivity index (χ3n) is 3.32. The maximum Gasteiger partial charge on any atom is 0.423 e. The summed E-state index contributed by atoms with van der Waals surface area (Å²) in [5.41, 5.74) is -1.68. The Morgan fingerprint density at radius 3 is 2.40 bits per heavy atom. The first kappa shape index (κ1) is 16.4. The second-order valence-corrected chi connectivity index (χ2v) is 4.67. The summed E-state index contributed by atoms with van der Waals surface area (Å²) in [6.07, 6.45) is -4.74. The number of halogens is 3. The van der Waals surface area contributed by atoms with Crippen molar-refractivity contribution in [3.05, 3.63) is 39.4 Å². The topological polar surface area (TPSA) is 55.2 Å². The summed E-state index contributed by atoms with van der Waals surface area (Å²) < 4.78 is 38.6. The molecule has 0 aliphatic rings. The maximum atomic E-state index is 12.9. The Labute approximate surface area is 115 Å². The van der Waals surface area contributed by atoms with Gasteiger partial charge in [-0.25, -0.2) is 0 Å². The largest absolute Gasteiger partial charge is 0.423 e. The van der Waals surface area contributed by atoms with Crippen molar-refractivity contribution in [2.45, 2.75) is 38.9 Å². The summed E-state index contributed by atoms with van der Waals surface area (Å²) >= 11 is 0. The van der Waals surface area contributed by atoms with E-state index in [-0.39, 0.29) is 12.0 Å². The molecule has 7 heteroatoms. The van der Waals surface area contributed by atoms with E-state index in [1.54, 1.807) is 6.92 Å². The number of nitro groups is 1. The van der Waals surface area contributed by atoms with Gasteiger partial charge in [-0.15, -0.1) is 0 Å². The van der Waals surface area contributed by atoms with Crippen LogP contribution in [-0.2, 0) is 6.18 Å². The number of rotatable bonds is 5. The monoisotopic (exact) mass is 290 g/mol. The number of hydrogen-bond acceptors (Lipinski definition) is 3.